The number of anilines is 1. The van der Waals surface area contributed by atoms with Crippen molar-refractivity contribution in [1.82, 2.24) is 9.88 Å². The summed E-state index contributed by atoms with van der Waals surface area (Å²) in [4.78, 5) is 21.5. The van der Waals surface area contributed by atoms with Crippen molar-refractivity contribution in [2.24, 2.45) is 0 Å². The minimum absolute atomic E-state index is 0.0305. The molecule has 0 spiro atoms. The quantitative estimate of drug-likeness (QED) is 0.645. The lowest BCUT2D eigenvalue weighted by molar-refractivity contribution is -0.274. The highest BCUT2D eigenvalue weighted by molar-refractivity contribution is 7.22. The first-order valence-corrected chi connectivity index (χ1v) is 9.83. The van der Waals surface area contributed by atoms with Gasteiger partial charge < -0.3 is 14.5 Å². The Morgan fingerprint density at radius 3 is 2.59 bits per heavy atom. The molecule has 4 rings (SSSR count). The molecule has 0 bridgehead atoms. The Morgan fingerprint density at radius 1 is 1.15 bits per heavy atom. The number of carbonyl (C=O) groups excluding carboxylic acids is 1. The molecular formula is C17H14F3N3O2S2. The molecule has 2 aromatic heterocycles. The lowest BCUT2D eigenvalue weighted by atomic mass is 10.3. The highest BCUT2D eigenvalue weighted by atomic mass is 32.1. The molecule has 1 aliphatic heterocycles. The number of carbonyl (C=O) groups is 1. The van der Waals surface area contributed by atoms with Gasteiger partial charge in [0, 0.05) is 32.2 Å². The van der Waals surface area contributed by atoms with E-state index in [1.807, 2.05) is 27.3 Å². The number of halogens is 3. The molecule has 0 saturated carbocycles. The second-order valence-electron chi connectivity index (χ2n) is 5.93. The van der Waals surface area contributed by atoms with Crippen LogP contribution >= 0.6 is 22.7 Å². The van der Waals surface area contributed by atoms with Crippen molar-refractivity contribution in [2.45, 2.75) is 6.36 Å². The van der Waals surface area contributed by atoms with Crippen molar-refractivity contribution in [1.29, 1.82) is 0 Å². The Kier molecular flexibility index (Phi) is 4.68. The number of thiophene rings is 1. The molecule has 0 radical (unpaired) electrons. The van der Waals surface area contributed by atoms with Crippen LogP contribution in [0.2, 0.25) is 0 Å². The molecule has 1 aromatic carbocycles. The van der Waals surface area contributed by atoms with Crippen LogP contribution in [0, 0.1) is 0 Å². The standard InChI is InChI=1S/C17H14F3N3O2S2/c18-17(19,20)25-11-3-4-12-14(10-11)27-16(21-12)23-7-5-22(6-8-23)15(24)13-2-1-9-26-13/h1-4,9-10H,5-8H2. The zero-order chi connectivity index (χ0) is 19.0. The van der Waals surface area contributed by atoms with Crippen LogP contribution in [0.3, 0.4) is 0 Å². The summed E-state index contributed by atoms with van der Waals surface area (Å²) < 4.78 is 41.7. The van der Waals surface area contributed by atoms with Crippen molar-refractivity contribution in [2.75, 3.05) is 31.1 Å². The minimum Gasteiger partial charge on any atom is -0.406 e. The third-order valence-corrected chi connectivity index (χ3v) is 6.09. The number of thiazole rings is 1. The third kappa shape index (κ3) is 4.01. The molecular weight excluding hydrogens is 399 g/mol. The summed E-state index contributed by atoms with van der Waals surface area (Å²) in [5.41, 5.74) is 0.626. The molecule has 0 N–H and O–H groups in total. The lowest BCUT2D eigenvalue weighted by Gasteiger charge is -2.34. The fraction of sp³-hybridized carbons (Fsp3) is 0.294. The molecule has 1 saturated heterocycles. The fourth-order valence-corrected chi connectivity index (χ4v) is 4.62. The number of hydrogen-bond donors (Lipinski definition) is 0. The van der Waals surface area contributed by atoms with E-state index in [1.54, 1.807) is 0 Å². The molecule has 10 heteroatoms. The average molecular weight is 413 g/mol. The van der Waals surface area contributed by atoms with Crippen molar-refractivity contribution >= 4 is 43.9 Å². The third-order valence-electron chi connectivity index (χ3n) is 4.15. The van der Waals surface area contributed by atoms with E-state index in [0.29, 0.717) is 36.4 Å². The van der Waals surface area contributed by atoms with E-state index >= 15 is 0 Å². The second kappa shape index (κ2) is 7.01. The van der Waals surface area contributed by atoms with Crippen LogP contribution < -0.4 is 9.64 Å². The zero-order valence-corrected chi connectivity index (χ0v) is 15.5. The minimum atomic E-state index is -4.72. The summed E-state index contributed by atoms with van der Waals surface area (Å²) in [6.07, 6.45) is -4.72. The number of ether oxygens (including phenoxy) is 1. The highest BCUT2D eigenvalue weighted by Crippen LogP contribution is 2.33. The van der Waals surface area contributed by atoms with Gasteiger partial charge in [-0.05, 0) is 23.6 Å². The Morgan fingerprint density at radius 2 is 1.93 bits per heavy atom. The number of amides is 1. The molecule has 0 unspecified atom stereocenters. The Bertz CT molecular complexity index is 948. The summed E-state index contributed by atoms with van der Waals surface area (Å²) in [7, 11) is 0. The smallest absolute Gasteiger partial charge is 0.406 e. The Labute approximate surface area is 160 Å². The van der Waals surface area contributed by atoms with E-state index < -0.39 is 6.36 Å². The van der Waals surface area contributed by atoms with Gasteiger partial charge in [0.2, 0.25) is 0 Å². The molecule has 27 heavy (non-hydrogen) atoms. The molecule has 3 heterocycles. The van der Waals surface area contributed by atoms with Gasteiger partial charge in [0.15, 0.2) is 5.13 Å². The predicted octanol–water partition coefficient (Wildman–Crippen LogP) is 4.22. The number of rotatable bonds is 3. The maximum absolute atomic E-state index is 12.4. The molecule has 1 fully saturated rings. The first-order chi connectivity index (χ1) is 12.9. The van der Waals surface area contributed by atoms with Gasteiger partial charge in [-0.2, -0.15) is 0 Å². The summed E-state index contributed by atoms with van der Waals surface area (Å²) in [6, 6.07) is 7.80. The maximum Gasteiger partial charge on any atom is 0.573 e. The van der Waals surface area contributed by atoms with Crippen molar-refractivity contribution in [3.8, 4) is 5.75 Å². The topological polar surface area (TPSA) is 45.7 Å². The van der Waals surface area contributed by atoms with Crippen LogP contribution in [0.1, 0.15) is 9.67 Å². The lowest BCUT2D eigenvalue weighted by Crippen LogP contribution is -2.48. The van der Waals surface area contributed by atoms with Gasteiger partial charge in [-0.15, -0.1) is 24.5 Å². The Balaban J connectivity index is 1.45. The van der Waals surface area contributed by atoms with Crippen molar-refractivity contribution < 1.29 is 22.7 Å². The number of benzene rings is 1. The predicted molar refractivity (Wildman–Crippen MR) is 98.7 cm³/mol. The molecule has 3 aromatic rings. The van der Waals surface area contributed by atoms with Gasteiger partial charge in [-0.3, -0.25) is 4.79 Å². The maximum atomic E-state index is 12.4. The summed E-state index contributed by atoms with van der Waals surface area (Å²) in [5, 5.41) is 2.61. The number of piperazine rings is 1. The summed E-state index contributed by atoms with van der Waals surface area (Å²) >= 11 is 2.74. The fourth-order valence-electron chi connectivity index (χ4n) is 2.88. The van der Waals surface area contributed by atoms with Crippen LogP contribution in [0.15, 0.2) is 35.7 Å². The summed E-state index contributed by atoms with van der Waals surface area (Å²) in [6.45, 7) is 2.41. The van der Waals surface area contributed by atoms with E-state index in [2.05, 4.69) is 9.72 Å². The highest BCUT2D eigenvalue weighted by Gasteiger charge is 2.31. The SMILES string of the molecule is O=C(c1cccs1)N1CCN(c2nc3ccc(OC(F)(F)F)cc3s2)CC1. The molecule has 0 aliphatic carbocycles. The van der Waals surface area contributed by atoms with Gasteiger partial charge in [0.05, 0.1) is 15.1 Å². The van der Waals surface area contributed by atoms with Crippen molar-refractivity contribution in [3.05, 3.63) is 40.6 Å². The monoisotopic (exact) mass is 413 g/mol. The van der Waals surface area contributed by atoms with Gasteiger partial charge in [-0.25, -0.2) is 4.98 Å². The number of fused-ring (bicyclic) bond motifs is 1. The first-order valence-electron chi connectivity index (χ1n) is 8.13. The van der Waals surface area contributed by atoms with Crippen LogP contribution in [0.5, 0.6) is 5.75 Å². The van der Waals surface area contributed by atoms with Crippen molar-refractivity contribution in [3.63, 3.8) is 0 Å². The number of hydrogen-bond acceptors (Lipinski definition) is 6. The van der Waals surface area contributed by atoms with Gasteiger partial charge >= 0.3 is 6.36 Å². The first kappa shape index (κ1) is 18.1. The van der Waals surface area contributed by atoms with Crippen LogP contribution in [0.25, 0.3) is 10.2 Å². The van der Waals surface area contributed by atoms with Crippen LogP contribution in [-0.2, 0) is 0 Å². The molecule has 0 atom stereocenters. The number of alkyl halides is 3. The van der Waals surface area contributed by atoms with Crippen LogP contribution in [-0.4, -0.2) is 48.3 Å². The summed E-state index contributed by atoms with van der Waals surface area (Å²) in [5.74, 6) is -0.223. The molecule has 5 nitrogen and oxygen atoms in total. The van der Waals surface area contributed by atoms with Crippen LogP contribution in [0.4, 0.5) is 18.3 Å². The molecule has 142 valence electrons. The van der Waals surface area contributed by atoms with E-state index in [9.17, 15) is 18.0 Å². The Hall–Kier alpha value is -2.33. The van der Waals surface area contributed by atoms with E-state index in [0.717, 1.165) is 10.0 Å². The van der Waals surface area contributed by atoms with E-state index in [4.69, 9.17) is 0 Å². The van der Waals surface area contributed by atoms with Gasteiger partial charge in [0.1, 0.15) is 5.75 Å². The molecule has 1 amide bonds. The second-order valence-corrected chi connectivity index (χ2v) is 7.89. The normalized spacial score (nSPS) is 15.4. The van der Waals surface area contributed by atoms with Gasteiger partial charge in [-0.1, -0.05) is 17.4 Å². The zero-order valence-electron chi connectivity index (χ0n) is 13.9. The number of nitrogens with zero attached hydrogens (tertiary/aromatic N) is 3. The molecule has 1 aliphatic rings. The van der Waals surface area contributed by atoms with E-state index in [1.165, 1.54) is 40.9 Å². The van der Waals surface area contributed by atoms with Gasteiger partial charge in [0.25, 0.3) is 5.91 Å². The van der Waals surface area contributed by atoms with E-state index in [-0.39, 0.29) is 11.7 Å². The largest absolute Gasteiger partial charge is 0.573 e. The number of aromatic nitrogens is 1. The average Bonchev–Trinajstić information content (AvgIpc) is 3.29.